The van der Waals surface area contributed by atoms with Crippen LogP contribution < -0.4 is 10.6 Å². The number of rotatable bonds is 8. The van der Waals surface area contributed by atoms with Crippen LogP contribution in [0.15, 0.2) is 54.6 Å². The number of halogens is 1. The molecule has 0 aliphatic carbocycles. The summed E-state index contributed by atoms with van der Waals surface area (Å²) in [7, 11) is 0. The van der Waals surface area contributed by atoms with Gasteiger partial charge in [-0.1, -0.05) is 37.3 Å². The fraction of sp³-hybridized carbons (Fsp3) is 0.263. The van der Waals surface area contributed by atoms with Crippen molar-refractivity contribution in [2.45, 2.75) is 12.8 Å². The number of hydrogen-bond acceptors (Lipinski definition) is 3. The van der Waals surface area contributed by atoms with E-state index >= 15 is 0 Å². The number of thioether (sulfide) groups is 1. The van der Waals surface area contributed by atoms with Crippen molar-refractivity contribution < 1.29 is 14.0 Å². The molecule has 0 radical (unpaired) electrons. The van der Waals surface area contributed by atoms with Crippen LogP contribution in [0, 0.1) is 5.82 Å². The number of carbonyl (C=O) groups is 2. The van der Waals surface area contributed by atoms with Gasteiger partial charge in [0.05, 0.1) is 11.5 Å². The first-order valence-corrected chi connectivity index (χ1v) is 9.15. The molecule has 2 aromatic carbocycles. The van der Waals surface area contributed by atoms with Crippen LogP contribution in [0.5, 0.6) is 0 Å². The normalized spacial score (nSPS) is 11.6. The van der Waals surface area contributed by atoms with Gasteiger partial charge in [0.1, 0.15) is 5.82 Å². The fourth-order valence-corrected chi connectivity index (χ4v) is 2.83. The zero-order valence-electron chi connectivity index (χ0n) is 14.0. The Morgan fingerprint density at radius 2 is 1.64 bits per heavy atom. The molecule has 132 valence electrons. The third-order valence-corrected chi connectivity index (χ3v) is 4.50. The van der Waals surface area contributed by atoms with Crippen molar-refractivity contribution in [1.29, 1.82) is 0 Å². The summed E-state index contributed by atoms with van der Waals surface area (Å²) in [5.74, 6) is -0.0488. The summed E-state index contributed by atoms with van der Waals surface area (Å²) in [6.45, 7) is 2.62. The summed E-state index contributed by atoms with van der Waals surface area (Å²) in [6.07, 6.45) is 0. The molecule has 0 spiro atoms. The SMILES string of the molecule is CC(CNC(=O)CSCC(=O)Nc1ccc(F)cc1)c1ccccc1. The molecule has 25 heavy (non-hydrogen) atoms. The van der Waals surface area contributed by atoms with Gasteiger partial charge in [-0.15, -0.1) is 11.8 Å². The molecule has 2 rings (SSSR count). The molecule has 0 aliphatic rings. The van der Waals surface area contributed by atoms with Crippen LogP contribution in [0.25, 0.3) is 0 Å². The topological polar surface area (TPSA) is 58.2 Å². The van der Waals surface area contributed by atoms with Gasteiger partial charge in [-0.2, -0.15) is 0 Å². The predicted molar refractivity (Wildman–Crippen MR) is 100 cm³/mol. The van der Waals surface area contributed by atoms with E-state index in [1.807, 2.05) is 30.3 Å². The fourth-order valence-electron chi connectivity index (χ4n) is 2.18. The Balaban J connectivity index is 1.63. The van der Waals surface area contributed by atoms with Crippen molar-refractivity contribution in [2.24, 2.45) is 0 Å². The van der Waals surface area contributed by atoms with E-state index in [-0.39, 0.29) is 35.1 Å². The lowest BCUT2D eigenvalue weighted by atomic mass is 10.0. The Morgan fingerprint density at radius 1 is 1.00 bits per heavy atom. The molecule has 1 unspecified atom stereocenters. The Bertz CT molecular complexity index is 692. The number of benzene rings is 2. The van der Waals surface area contributed by atoms with Gasteiger partial charge in [0, 0.05) is 12.2 Å². The first-order chi connectivity index (χ1) is 12.0. The van der Waals surface area contributed by atoms with Crippen LogP contribution in [0.3, 0.4) is 0 Å². The number of anilines is 1. The van der Waals surface area contributed by atoms with Crippen molar-refractivity contribution in [1.82, 2.24) is 5.32 Å². The highest BCUT2D eigenvalue weighted by Crippen LogP contribution is 2.13. The van der Waals surface area contributed by atoms with E-state index in [0.29, 0.717) is 12.2 Å². The van der Waals surface area contributed by atoms with Crippen LogP contribution >= 0.6 is 11.8 Å². The van der Waals surface area contributed by atoms with Crippen molar-refractivity contribution in [3.05, 3.63) is 66.0 Å². The molecule has 2 N–H and O–H groups in total. The first-order valence-electron chi connectivity index (χ1n) is 7.99. The van der Waals surface area contributed by atoms with Crippen LogP contribution in [0.4, 0.5) is 10.1 Å². The van der Waals surface area contributed by atoms with Crippen LogP contribution in [0.2, 0.25) is 0 Å². The summed E-state index contributed by atoms with van der Waals surface area (Å²) in [6, 6.07) is 15.5. The van der Waals surface area contributed by atoms with Crippen LogP contribution in [0.1, 0.15) is 18.4 Å². The smallest absolute Gasteiger partial charge is 0.234 e. The second-order valence-corrected chi connectivity index (χ2v) is 6.65. The van der Waals surface area contributed by atoms with E-state index in [9.17, 15) is 14.0 Å². The van der Waals surface area contributed by atoms with Gasteiger partial charge in [0.2, 0.25) is 11.8 Å². The molecule has 0 aliphatic heterocycles. The molecule has 1 atom stereocenters. The largest absolute Gasteiger partial charge is 0.355 e. The van der Waals surface area contributed by atoms with E-state index in [4.69, 9.17) is 0 Å². The van der Waals surface area contributed by atoms with Crippen molar-refractivity contribution in [3.63, 3.8) is 0 Å². The third kappa shape index (κ3) is 6.97. The maximum Gasteiger partial charge on any atom is 0.234 e. The Hall–Kier alpha value is -2.34. The quantitative estimate of drug-likeness (QED) is 0.758. The molecular formula is C19H21FN2O2S. The van der Waals surface area contributed by atoms with Gasteiger partial charge in [0.25, 0.3) is 0 Å². The molecule has 0 bridgehead atoms. The van der Waals surface area contributed by atoms with Gasteiger partial charge in [-0.25, -0.2) is 4.39 Å². The second-order valence-electron chi connectivity index (χ2n) is 5.66. The molecule has 2 amide bonds. The lowest BCUT2D eigenvalue weighted by Crippen LogP contribution is -2.29. The summed E-state index contributed by atoms with van der Waals surface area (Å²) < 4.78 is 12.8. The highest BCUT2D eigenvalue weighted by atomic mass is 32.2. The Morgan fingerprint density at radius 3 is 2.32 bits per heavy atom. The highest BCUT2D eigenvalue weighted by Gasteiger charge is 2.09. The first kappa shape index (κ1) is 19.0. The van der Waals surface area contributed by atoms with E-state index in [1.165, 1.54) is 41.6 Å². The van der Waals surface area contributed by atoms with Crippen molar-refractivity contribution >= 4 is 29.3 Å². The standard InChI is InChI=1S/C19H21FN2O2S/c1-14(15-5-3-2-4-6-15)11-21-18(23)12-25-13-19(24)22-17-9-7-16(20)8-10-17/h2-10,14H,11-13H2,1H3,(H,21,23)(H,22,24). The van der Waals surface area contributed by atoms with E-state index in [0.717, 1.165) is 0 Å². The maximum absolute atomic E-state index is 12.8. The van der Waals surface area contributed by atoms with Gasteiger partial charge < -0.3 is 10.6 Å². The molecule has 0 heterocycles. The van der Waals surface area contributed by atoms with Crippen LogP contribution in [-0.2, 0) is 9.59 Å². The molecular weight excluding hydrogens is 339 g/mol. The lowest BCUT2D eigenvalue weighted by molar-refractivity contribution is -0.118. The molecule has 2 aromatic rings. The zero-order valence-corrected chi connectivity index (χ0v) is 14.8. The minimum absolute atomic E-state index is 0.0950. The Kier molecular flexibility index (Phi) is 7.47. The molecule has 4 nitrogen and oxygen atoms in total. The number of hydrogen-bond donors (Lipinski definition) is 2. The summed E-state index contributed by atoms with van der Waals surface area (Å²) in [5, 5.41) is 5.53. The van der Waals surface area contributed by atoms with Gasteiger partial charge in [-0.05, 0) is 35.7 Å². The number of amides is 2. The third-order valence-electron chi connectivity index (χ3n) is 3.57. The van der Waals surface area contributed by atoms with Crippen molar-refractivity contribution in [2.75, 3.05) is 23.4 Å². The average Bonchev–Trinajstić information content (AvgIpc) is 2.62. The molecule has 0 aromatic heterocycles. The summed E-state index contributed by atoms with van der Waals surface area (Å²) >= 11 is 1.24. The lowest BCUT2D eigenvalue weighted by Gasteiger charge is -2.13. The molecule has 0 saturated heterocycles. The average molecular weight is 360 g/mol. The van der Waals surface area contributed by atoms with Gasteiger partial charge in [-0.3, -0.25) is 9.59 Å². The van der Waals surface area contributed by atoms with E-state index in [1.54, 1.807) is 0 Å². The molecule has 0 fully saturated rings. The number of nitrogens with one attached hydrogen (secondary N) is 2. The minimum Gasteiger partial charge on any atom is -0.355 e. The summed E-state index contributed by atoms with van der Waals surface area (Å²) in [5.41, 5.74) is 1.71. The minimum atomic E-state index is -0.353. The molecule has 6 heteroatoms. The van der Waals surface area contributed by atoms with Gasteiger partial charge in [0.15, 0.2) is 0 Å². The second kappa shape index (κ2) is 9.84. The monoisotopic (exact) mass is 360 g/mol. The predicted octanol–water partition coefficient (Wildman–Crippen LogP) is 3.42. The Labute approximate surface area is 151 Å². The van der Waals surface area contributed by atoms with E-state index in [2.05, 4.69) is 17.6 Å². The zero-order chi connectivity index (χ0) is 18.1. The van der Waals surface area contributed by atoms with Crippen LogP contribution in [-0.4, -0.2) is 29.9 Å². The number of carbonyl (C=O) groups excluding carboxylic acids is 2. The summed E-state index contributed by atoms with van der Waals surface area (Å²) in [4.78, 5) is 23.6. The maximum atomic E-state index is 12.8. The molecule has 0 saturated carbocycles. The highest BCUT2D eigenvalue weighted by molar-refractivity contribution is 8.00. The van der Waals surface area contributed by atoms with E-state index < -0.39 is 0 Å². The van der Waals surface area contributed by atoms with Crippen molar-refractivity contribution in [3.8, 4) is 0 Å². The van der Waals surface area contributed by atoms with Gasteiger partial charge >= 0.3 is 0 Å².